The molecule has 0 aromatic heterocycles. The number of amides is 1. The lowest BCUT2D eigenvalue weighted by Crippen LogP contribution is -2.38. The van der Waals surface area contributed by atoms with Crippen LogP contribution in [-0.4, -0.2) is 30.5 Å². The number of carbonyl (C=O) groups excluding carboxylic acids is 1. The molecule has 1 aliphatic rings. The maximum absolute atomic E-state index is 12.4. The highest BCUT2D eigenvalue weighted by Gasteiger charge is 2.22. The summed E-state index contributed by atoms with van der Waals surface area (Å²) in [5.74, 6) is 0.939. The maximum Gasteiger partial charge on any atom is 0.253 e. The topological polar surface area (TPSA) is 29.5 Å². The monoisotopic (exact) mass is 261 g/mol. The van der Waals surface area contributed by atoms with Crippen molar-refractivity contribution in [1.29, 1.82) is 0 Å². The van der Waals surface area contributed by atoms with E-state index in [2.05, 4.69) is 0 Å². The van der Waals surface area contributed by atoms with Crippen molar-refractivity contribution in [1.82, 2.24) is 4.90 Å². The number of ether oxygens (including phenoxy) is 1. The van der Waals surface area contributed by atoms with Crippen molar-refractivity contribution in [2.75, 3.05) is 13.7 Å². The maximum atomic E-state index is 12.4. The standard InChI is InChI=1S/C16H23NO2/c1-3-19-15-11-9-13(10-12-15)16(18)17(2)14-7-5-4-6-8-14/h9-12,14H,3-8H2,1-2H3. The SMILES string of the molecule is CCOc1ccc(C(=O)N(C)C2CCCCC2)cc1. The van der Waals surface area contributed by atoms with Gasteiger partial charge in [0, 0.05) is 18.7 Å². The predicted octanol–water partition coefficient (Wildman–Crippen LogP) is 3.49. The highest BCUT2D eigenvalue weighted by atomic mass is 16.5. The molecule has 0 N–H and O–H groups in total. The smallest absolute Gasteiger partial charge is 0.253 e. The molecule has 1 amide bonds. The van der Waals surface area contributed by atoms with Crippen LogP contribution in [0.15, 0.2) is 24.3 Å². The van der Waals surface area contributed by atoms with Crippen molar-refractivity contribution < 1.29 is 9.53 Å². The van der Waals surface area contributed by atoms with Gasteiger partial charge >= 0.3 is 0 Å². The first kappa shape index (κ1) is 13.9. The third-order valence-corrected chi connectivity index (χ3v) is 3.86. The van der Waals surface area contributed by atoms with E-state index in [4.69, 9.17) is 4.74 Å². The molecule has 0 radical (unpaired) electrons. The van der Waals surface area contributed by atoms with Gasteiger partial charge in [-0.05, 0) is 44.0 Å². The molecule has 1 fully saturated rings. The first-order valence-corrected chi connectivity index (χ1v) is 7.22. The van der Waals surface area contributed by atoms with E-state index < -0.39 is 0 Å². The quantitative estimate of drug-likeness (QED) is 0.830. The van der Waals surface area contributed by atoms with Crippen LogP contribution in [0, 0.1) is 0 Å². The molecule has 1 aromatic carbocycles. The van der Waals surface area contributed by atoms with Crippen molar-refractivity contribution in [2.45, 2.75) is 45.1 Å². The van der Waals surface area contributed by atoms with Gasteiger partial charge in [0.05, 0.1) is 6.61 Å². The number of nitrogens with zero attached hydrogens (tertiary/aromatic N) is 1. The zero-order chi connectivity index (χ0) is 13.7. The second-order valence-corrected chi connectivity index (χ2v) is 5.17. The number of hydrogen-bond acceptors (Lipinski definition) is 2. The minimum atomic E-state index is 0.120. The number of hydrogen-bond donors (Lipinski definition) is 0. The molecule has 104 valence electrons. The van der Waals surface area contributed by atoms with E-state index in [0.29, 0.717) is 12.6 Å². The van der Waals surface area contributed by atoms with Gasteiger partial charge in [-0.25, -0.2) is 0 Å². The summed E-state index contributed by atoms with van der Waals surface area (Å²) in [6.07, 6.45) is 6.07. The van der Waals surface area contributed by atoms with Crippen LogP contribution in [-0.2, 0) is 0 Å². The fourth-order valence-electron chi connectivity index (χ4n) is 2.70. The lowest BCUT2D eigenvalue weighted by molar-refractivity contribution is 0.0696. The molecule has 0 heterocycles. The average Bonchev–Trinajstić information content (AvgIpc) is 2.48. The van der Waals surface area contributed by atoms with Crippen LogP contribution in [0.2, 0.25) is 0 Å². The fourth-order valence-corrected chi connectivity index (χ4v) is 2.70. The third kappa shape index (κ3) is 3.49. The van der Waals surface area contributed by atoms with Crippen LogP contribution in [0.4, 0.5) is 0 Å². The van der Waals surface area contributed by atoms with E-state index in [9.17, 15) is 4.79 Å². The van der Waals surface area contributed by atoms with Gasteiger partial charge in [0.15, 0.2) is 0 Å². The fraction of sp³-hybridized carbons (Fsp3) is 0.562. The Morgan fingerprint density at radius 2 is 1.84 bits per heavy atom. The molecule has 1 aliphatic carbocycles. The largest absolute Gasteiger partial charge is 0.494 e. The summed E-state index contributed by atoms with van der Waals surface area (Å²) >= 11 is 0. The summed E-state index contributed by atoms with van der Waals surface area (Å²) in [4.78, 5) is 14.3. The minimum Gasteiger partial charge on any atom is -0.494 e. The molecule has 3 heteroatoms. The molecule has 2 rings (SSSR count). The Labute approximate surface area is 115 Å². The Morgan fingerprint density at radius 3 is 2.42 bits per heavy atom. The second-order valence-electron chi connectivity index (χ2n) is 5.17. The normalized spacial score (nSPS) is 16.1. The van der Waals surface area contributed by atoms with Crippen molar-refractivity contribution in [3.63, 3.8) is 0 Å². The number of benzene rings is 1. The summed E-state index contributed by atoms with van der Waals surface area (Å²) in [7, 11) is 1.93. The van der Waals surface area contributed by atoms with Crippen molar-refractivity contribution in [2.24, 2.45) is 0 Å². The Morgan fingerprint density at radius 1 is 1.21 bits per heavy atom. The van der Waals surface area contributed by atoms with Crippen LogP contribution in [0.5, 0.6) is 5.75 Å². The van der Waals surface area contributed by atoms with Crippen LogP contribution in [0.3, 0.4) is 0 Å². The lowest BCUT2D eigenvalue weighted by Gasteiger charge is -2.31. The van der Waals surface area contributed by atoms with Crippen LogP contribution in [0.25, 0.3) is 0 Å². The Balaban J connectivity index is 2.01. The van der Waals surface area contributed by atoms with Crippen LogP contribution >= 0.6 is 0 Å². The van der Waals surface area contributed by atoms with E-state index in [1.165, 1.54) is 19.3 Å². The second kappa shape index (κ2) is 6.60. The van der Waals surface area contributed by atoms with Gasteiger partial charge < -0.3 is 9.64 Å². The van der Waals surface area contributed by atoms with Gasteiger partial charge in [0.2, 0.25) is 0 Å². The third-order valence-electron chi connectivity index (χ3n) is 3.86. The molecular weight excluding hydrogens is 238 g/mol. The van der Waals surface area contributed by atoms with Crippen LogP contribution in [0.1, 0.15) is 49.4 Å². The Kier molecular flexibility index (Phi) is 4.83. The zero-order valence-electron chi connectivity index (χ0n) is 11.9. The van der Waals surface area contributed by atoms with Gasteiger partial charge in [0.25, 0.3) is 5.91 Å². The van der Waals surface area contributed by atoms with Crippen LogP contribution < -0.4 is 4.74 Å². The van der Waals surface area contributed by atoms with E-state index in [1.54, 1.807) is 0 Å². The predicted molar refractivity (Wildman–Crippen MR) is 76.6 cm³/mol. The molecule has 0 spiro atoms. The van der Waals surface area contributed by atoms with Gasteiger partial charge in [-0.1, -0.05) is 19.3 Å². The lowest BCUT2D eigenvalue weighted by atomic mass is 9.94. The molecule has 3 nitrogen and oxygen atoms in total. The van der Waals surface area contributed by atoms with Gasteiger partial charge in [0.1, 0.15) is 5.75 Å². The number of rotatable bonds is 4. The summed E-state index contributed by atoms with van der Waals surface area (Å²) in [5.41, 5.74) is 0.747. The van der Waals surface area contributed by atoms with Gasteiger partial charge in [-0.2, -0.15) is 0 Å². The Bertz CT molecular complexity index is 407. The highest BCUT2D eigenvalue weighted by Crippen LogP contribution is 2.23. The van der Waals surface area contributed by atoms with E-state index in [-0.39, 0.29) is 5.91 Å². The molecule has 19 heavy (non-hydrogen) atoms. The first-order chi connectivity index (χ1) is 9.22. The van der Waals surface area contributed by atoms with Crippen molar-refractivity contribution in [3.8, 4) is 5.75 Å². The summed E-state index contributed by atoms with van der Waals surface area (Å²) in [6.45, 7) is 2.60. The van der Waals surface area contributed by atoms with Crippen molar-refractivity contribution in [3.05, 3.63) is 29.8 Å². The molecule has 0 saturated heterocycles. The first-order valence-electron chi connectivity index (χ1n) is 7.22. The van der Waals surface area contributed by atoms with Gasteiger partial charge in [-0.3, -0.25) is 4.79 Å². The Hall–Kier alpha value is -1.51. The zero-order valence-corrected chi connectivity index (χ0v) is 11.9. The summed E-state index contributed by atoms with van der Waals surface area (Å²) in [5, 5.41) is 0. The summed E-state index contributed by atoms with van der Waals surface area (Å²) < 4.78 is 5.39. The van der Waals surface area contributed by atoms with E-state index in [0.717, 1.165) is 24.2 Å². The molecule has 1 saturated carbocycles. The minimum absolute atomic E-state index is 0.120. The van der Waals surface area contributed by atoms with Gasteiger partial charge in [-0.15, -0.1) is 0 Å². The summed E-state index contributed by atoms with van der Waals surface area (Å²) in [6, 6.07) is 7.85. The molecule has 0 unspecified atom stereocenters. The number of carbonyl (C=O) groups is 1. The molecule has 0 aliphatic heterocycles. The van der Waals surface area contributed by atoms with E-state index >= 15 is 0 Å². The molecule has 0 bridgehead atoms. The molecule has 1 aromatic rings. The average molecular weight is 261 g/mol. The highest BCUT2D eigenvalue weighted by molar-refractivity contribution is 5.94. The van der Waals surface area contributed by atoms with E-state index in [1.807, 2.05) is 43.1 Å². The molecule has 0 atom stereocenters. The van der Waals surface area contributed by atoms with Crippen molar-refractivity contribution >= 4 is 5.91 Å². The molecular formula is C16H23NO2.